The molecule has 130 valence electrons. The van der Waals surface area contributed by atoms with E-state index in [4.69, 9.17) is 0 Å². The molecule has 2 saturated carbocycles. The normalized spacial score (nSPS) is 21.2. The summed E-state index contributed by atoms with van der Waals surface area (Å²) in [5.41, 5.74) is 1.04. The number of urea groups is 1. The maximum atomic E-state index is 12.5. The van der Waals surface area contributed by atoms with E-state index in [-0.39, 0.29) is 17.9 Å². The van der Waals surface area contributed by atoms with Crippen molar-refractivity contribution in [3.8, 4) is 0 Å². The lowest BCUT2D eigenvalue weighted by Crippen LogP contribution is -2.47. The first-order valence-electron chi connectivity index (χ1n) is 9.04. The van der Waals surface area contributed by atoms with Crippen molar-refractivity contribution < 1.29 is 9.59 Å². The minimum Gasteiger partial charge on any atom is -0.335 e. The fourth-order valence-corrected chi connectivity index (χ4v) is 4.51. The summed E-state index contributed by atoms with van der Waals surface area (Å²) in [4.78, 5) is 31.9. The van der Waals surface area contributed by atoms with Gasteiger partial charge in [0.15, 0.2) is 5.13 Å². The molecule has 7 heteroatoms. The third kappa shape index (κ3) is 3.55. The number of amides is 3. The number of nitrogens with one attached hydrogen (secondary N) is 2. The molecule has 1 aliphatic heterocycles. The molecule has 2 fully saturated rings. The number of rotatable bonds is 3. The third-order valence-corrected chi connectivity index (χ3v) is 6.13. The van der Waals surface area contributed by atoms with Crippen LogP contribution in [0.5, 0.6) is 0 Å². The number of thiazole rings is 1. The monoisotopic (exact) mass is 348 g/mol. The van der Waals surface area contributed by atoms with Crippen LogP contribution in [0.2, 0.25) is 0 Å². The molecule has 0 unspecified atom stereocenters. The average molecular weight is 348 g/mol. The van der Waals surface area contributed by atoms with Gasteiger partial charge in [-0.2, -0.15) is 0 Å². The van der Waals surface area contributed by atoms with Gasteiger partial charge in [-0.15, -0.1) is 0 Å². The average Bonchev–Trinajstić information content (AvgIpc) is 3.36. The lowest BCUT2D eigenvalue weighted by molar-refractivity contribution is -0.117. The van der Waals surface area contributed by atoms with Crippen molar-refractivity contribution in [2.75, 3.05) is 11.9 Å². The molecular weight excluding hydrogens is 324 g/mol. The van der Waals surface area contributed by atoms with Gasteiger partial charge in [-0.1, -0.05) is 30.6 Å². The van der Waals surface area contributed by atoms with Crippen LogP contribution in [-0.4, -0.2) is 34.4 Å². The summed E-state index contributed by atoms with van der Waals surface area (Å²) in [5, 5.41) is 6.79. The van der Waals surface area contributed by atoms with Crippen LogP contribution in [-0.2, 0) is 17.8 Å². The van der Waals surface area contributed by atoms with E-state index in [2.05, 4.69) is 15.6 Å². The predicted octanol–water partition coefficient (Wildman–Crippen LogP) is 2.89. The van der Waals surface area contributed by atoms with E-state index in [1.807, 2.05) is 4.90 Å². The number of hydrogen-bond acceptors (Lipinski definition) is 4. The Hall–Kier alpha value is -1.63. The van der Waals surface area contributed by atoms with Crippen LogP contribution >= 0.6 is 11.3 Å². The van der Waals surface area contributed by atoms with Crippen molar-refractivity contribution in [2.45, 2.75) is 64.0 Å². The van der Waals surface area contributed by atoms with Gasteiger partial charge in [0.25, 0.3) is 0 Å². The molecule has 2 aliphatic carbocycles. The highest BCUT2D eigenvalue weighted by Crippen LogP contribution is 2.33. The van der Waals surface area contributed by atoms with Gasteiger partial charge >= 0.3 is 6.03 Å². The maximum absolute atomic E-state index is 12.5. The highest BCUT2D eigenvalue weighted by Gasteiger charge is 2.31. The topological polar surface area (TPSA) is 74.3 Å². The molecular formula is C17H24N4O2S. The smallest absolute Gasteiger partial charge is 0.317 e. The molecule has 24 heavy (non-hydrogen) atoms. The second-order valence-corrected chi connectivity index (χ2v) is 8.19. The molecule has 6 nitrogen and oxygen atoms in total. The van der Waals surface area contributed by atoms with Gasteiger partial charge in [0.1, 0.15) is 0 Å². The Morgan fingerprint density at radius 3 is 2.67 bits per heavy atom. The van der Waals surface area contributed by atoms with Crippen LogP contribution in [0.15, 0.2) is 0 Å². The lowest BCUT2D eigenvalue weighted by atomic mass is 9.96. The van der Waals surface area contributed by atoms with Gasteiger partial charge in [-0.25, -0.2) is 9.78 Å². The molecule has 1 aromatic rings. The van der Waals surface area contributed by atoms with Crippen LogP contribution in [0.4, 0.5) is 9.93 Å². The number of carbonyl (C=O) groups excluding carboxylic acids is 2. The molecule has 0 atom stereocenters. The van der Waals surface area contributed by atoms with Crippen molar-refractivity contribution in [1.29, 1.82) is 0 Å². The highest BCUT2D eigenvalue weighted by molar-refractivity contribution is 7.15. The Balaban J connectivity index is 1.35. The second kappa shape index (κ2) is 6.70. The Morgan fingerprint density at radius 2 is 1.92 bits per heavy atom. The lowest BCUT2D eigenvalue weighted by Gasteiger charge is -2.30. The minimum absolute atomic E-state index is 0.0458. The molecule has 0 radical (unpaired) electrons. The van der Waals surface area contributed by atoms with Crippen molar-refractivity contribution in [3.05, 3.63) is 10.6 Å². The number of fused-ring (bicyclic) bond motifs is 1. The van der Waals surface area contributed by atoms with E-state index >= 15 is 0 Å². The summed E-state index contributed by atoms with van der Waals surface area (Å²) in [5.74, 6) is 0.275. The number of nitrogens with zero attached hydrogens (tertiary/aromatic N) is 2. The van der Waals surface area contributed by atoms with Crippen LogP contribution < -0.4 is 10.6 Å². The van der Waals surface area contributed by atoms with E-state index < -0.39 is 0 Å². The predicted molar refractivity (Wildman–Crippen MR) is 93.0 cm³/mol. The SMILES string of the molecule is O=C(Nc1nc2c(s1)CN(C(=O)NC1CCCCC1)CC2)C1CC1. The minimum atomic E-state index is 0.0458. The number of aromatic nitrogens is 1. The van der Waals surface area contributed by atoms with Crippen molar-refractivity contribution >= 4 is 28.4 Å². The quantitative estimate of drug-likeness (QED) is 0.882. The molecule has 0 spiro atoms. The largest absolute Gasteiger partial charge is 0.335 e. The molecule has 1 aromatic heterocycles. The fraction of sp³-hybridized carbons (Fsp3) is 0.706. The van der Waals surface area contributed by atoms with E-state index in [1.165, 1.54) is 30.6 Å². The number of hydrogen-bond donors (Lipinski definition) is 2. The molecule has 0 bridgehead atoms. The summed E-state index contributed by atoms with van der Waals surface area (Å²) in [6.07, 6.45) is 8.67. The van der Waals surface area contributed by atoms with E-state index in [0.29, 0.717) is 24.3 Å². The fourth-order valence-electron chi connectivity index (χ4n) is 3.49. The third-order valence-electron chi connectivity index (χ3n) is 5.13. The zero-order chi connectivity index (χ0) is 16.5. The number of carbonyl (C=O) groups is 2. The van der Waals surface area contributed by atoms with Crippen LogP contribution in [0.3, 0.4) is 0 Å². The van der Waals surface area contributed by atoms with Crippen LogP contribution in [0, 0.1) is 5.92 Å². The van der Waals surface area contributed by atoms with E-state index in [0.717, 1.165) is 42.7 Å². The van der Waals surface area contributed by atoms with Gasteiger partial charge in [-0.05, 0) is 25.7 Å². The van der Waals surface area contributed by atoms with Gasteiger partial charge in [0.2, 0.25) is 5.91 Å². The van der Waals surface area contributed by atoms with Gasteiger partial charge in [-0.3, -0.25) is 4.79 Å². The standard InChI is InChI=1S/C17H24N4O2S/c22-15(11-6-7-11)20-16-19-13-8-9-21(10-14(13)24-16)17(23)18-12-4-2-1-3-5-12/h11-12H,1-10H2,(H,18,23)(H,19,20,22). The van der Waals surface area contributed by atoms with Crippen molar-refractivity contribution in [3.63, 3.8) is 0 Å². The Kier molecular flexibility index (Phi) is 4.43. The van der Waals surface area contributed by atoms with Gasteiger partial charge in [0.05, 0.1) is 12.2 Å². The molecule has 0 saturated heterocycles. The highest BCUT2D eigenvalue weighted by atomic mass is 32.1. The molecule has 2 heterocycles. The summed E-state index contributed by atoms with van der Waals surface area (Å²) in [7, 11) is 0. The molecule has 4 rings (SSSR count). The number of anilines is 1. The first kappa shape index (κ1) is 15.9. The first-order chi connectivity index (χ1) is 11.7. The van der Waals surface area contributed by atoms with Crippen molar-refractivity contribution in [2.24, 2.45) is 5.92 Å². The van der Waals surface area contributed by atoms with Crippen LogP contribution in [0.25, 0.3) is 0 Å². The Labute approximate surface area is 146 Å². The van der Waals surface area contributed by atoms with Gasteiger partial charge in [0, 0.05) is 29.8 Å². The van der Waals surface area contributed by atoms with Gasteiger partial charge < -0.3 is 15.5 Å². The first-order valence-corrected chi connectivity index (χ1v) is 9.85. The molecule has 3 amide bonds. The summed E-state index contributed by atoms with van der Waals surface area (Å²) in [6, 6.07) is 0.381. The zero-order valence-electron chi connectivity index (χ0n) is 13.8. The summed E-state index contributed by atoms with van der Waals surface area (Å²) in [6.45, 7) is 1.30. The summed E-state index contributed by atoms with van der Waals surface area (Å²) < 4.78 is 0. The molecule has 0 aromatic carbocycles. The van der Waals surface area contributed by atoms with E-state index in [1.54, 1.807) is 0 Å². The van der Waals surface area contributed by atoms with Crippen molar-refractivity contribution in [1.82, 2.24) is 15.2 Å². The zero-order valence-corrected chi connectivity index (χ0v) is 14.7. The second-order valence-electron chi connectivity index (χ2n) is 7.11. The van der Waals surface area contributed by atoms with E-state index in [9.17, 15) is 9.59 Å². The molecule has 2 N–H and O–H groups in total. The van der Waals surface area contributed by atoms with Crippen LogP contribution in [0.1, 0.15) is 55.5 Å². The Morgan fingerprint density at radius 1 is 1.12 bits per heavy atom. The Bertz CT molecular complexity index is 635. The molecule has 3 aliphatic rings. The maximum Gasteiger partial charge on any atom is 0.317 e. The summed E-state index contributed by atoms with van der Waals surface area (Å²) >= 11 is 1.51.